The van der Waals surface area contributed by atoms with Gasteiger partial charge in [-0.25, -0.2) is 8.42 Å². The Labute approximate surface area is 102 Å². The third-order valence-electron chi connectivity index (χ3n) is 1.19. The number of unbranched alkanes of at least 4 members (excludes halogenated alkanes) is 1. The van der Waals surface area contributed by atoms with Crippen molar-refractivity contribution in [3.8, 4) is 0 Å². The molecule has 2 unspecified atom stereocenters. The minimum atomic E-state index is -4.07. The molecule has 2 atom stereocenters. The van der Waals surface area contributed by atoms with Gasteiger partial charge >= 0.3 is 22.1 Å². The van der Waals surface area contributed by atoms with Gasteiger partial charge in [0.05, 0.1) is 0 Å². The van der Waals surface area contributed by atoms with E-state index in [1.807, 2.05) is 0 Å². The second-order valence-electron chi connectivity index (χ2n) is 2.78. The first-order valence-corrected chi connectivity index (χ1v) is 8.60. The monoisotopic (exact) mass is 308 g/mol. The zero-order chi connectivity index (χ0) is 14.1. The highest BCUT2D eigenvalue weighted by atomic mass is 32.2. The Morgan fingerprint density at radius 2 is 1.35 bits per heavy atom. The Morgan fingerprint density at radius 1 is 1.06 bits per heavy atom. The molecule has 0 rings (SSSR count). The predicted molar refractivity (Wildman–Crippen MR) is 56.6 cm³/mol. The standard InChI is InChI=1S/C4H10.C2H4O8P2S/c1-3-4-2;1-13(7,8)2(9-11(3)4)10-12(5)6/h3-4H2,1-2H3;2H,1H3. The van der Waals surface area contributed by atoms with Crippen LogP contribution in [0.4, 0.5) is 0 Å². The van der Waals surface area contributed by atoms with Crippen LogP contribution in [-0.2, 0) is 28.0 Å². The van der Waals surface area contributed by atoms with E-state index in [0.29, 0.717) is 6.26 Å². The van der Waals surface area contributed by atoms with Crippen molar-refractivity contribution in [1.29, 1.82) is 0 Å². The summed E-state index contributed by atoms with van der Waals surface area (Å²) in [6.07, 6.45) is 3.20. The molecule has 0 amide bonds. The second kappa shape index (κ2) is 9.96. The van der Waals surface area contributed by atoms with Crippen molar-refractivity contribution in [2.75, 3.05) is 6.26 Å². The lowest BCUT2D eigenvalue weighted by molar-refractivity contribution is -0.206. The van der Waals surface area contributed by atoms with Gasteiger partial charge in [-0.3, -0.25) is 0 Å². The Hall–Kier alpha value is -0.0100. The first kappa shape index (κ1) is 19.3. The fourth-order valence-corrected chi connectivity index (χ4v) is 2.42. The van der Waals surface area contributed by atoms with Gasteiger partial charge in [-0.05, 0) is 9.13 Å². The number of hydrogen-bond donors (Lipinski definition) is 0. The highest BCUT2D eigenvalue weighted by molar-refractivity contribution is 7.91. The second-order valence-corrected chi connectivity index (χ2v) is 6.14. The summed E-state index contributed by atoms with van der Waals surface area (Å²) >= 11 is 0. The smallest absolute Gasteiger partial charge is 0.492 e. The molecule has 17 heavy (non-hydrogen) atoms. The van der Waals surface area contributed by atoms with Crippen LogP contribution in [0.5, 0.6) is 0 Å². The van der Waals surface area contributed by atoms with E-state index in [1.165, 1.54) is 12.8 Å². The molecule has 0 heterocycles. The van der Waals surface area contributed by atoms with E-state index >= 15 is 0 Å². The maximum absolute atomic E-state index is 10.6. The van der Waals surface area contributed by atoms with Crippen molar-refractivity contribution in [2.45, 2.75) is 32.3 Å². The molecule has 0 N–H and O–H groups in total. The largest absolute Gasteiger partial charge is 0.566 e. The molecule has 0 aliphatic rings. The van der Waals surface area contributed by atoms with Crippen molar-refractivity contribution >= 4 is 26.3 Å². The highest BCUT2D eigenvalue weighted by Crippen LogP contribution is 2.24. The molecule has 0 fully saturated rings. The predicted octanol–water partition coefficient (Wildman–Crippen LogP) is 0.190. The molecule has 0 aromatic rings. The van der Waals surface area contributed by atoms with Crippen LogP contribution in [0.2, 0.25) is 0 Å². The molecule has 0 bridgehead atoms. The minimum Gasteiger partial charge on any atom is -0.566 e. The molecule has 8 nitrogen and oxygen atoms in total. The van der Waals surface area contributed by atoms with E-state index in [4.69, 9.17) is 0 Å². The normalized spacial score (nSPS) is 14.4. The lowest BCUT2D eigenvalue weighted by atomic mass is 10.4. The molecular formula is C6H14O8P2S. The van der Waals surface area contributed by atoms with Crippen LogP contribution in [0, 0.1) is 0 Å². The van der Waals surface area contributed by atoms with E-state index in [9.17, 15) is 27.3 Å². The topological polar surface area (TPSA) is 133 Å². The molecule has 0 aromatic heterocycles. The summed E-state index contributed by atoms with van der Waals surface area (Å²) in [6, 6.07) is 0. The maximum atomic E-state index is 10.6. The molecule has 0 saturated heterocycles. The van der Waals surface area contributed by atoms with Gasteiger partial charge in [-0.1, -0.05) is 35.7 Å². The fourth-order valence-electron chi connectivity index (χ4n) is 0.316. The van der Waals surface area contributed by atoms with Crippen molar-refractivity contribution < 1.29 is 36.4 Å². The SMILES string of the molecule is CCCC.CS(=O)(=O)C(O[P+](=O)[O-])O[P+](=O)[O-]. The molecule has 0 aliphatic heterocycles. The maximum Gasteiger partial charge on any atom is 0.492 e. The van der Waals surface area contributed by atoms with Crippen LogP contribution >= 0.6 is 16.5 Å². The van der Waals surface area contributed by atoms with E-state index in [-0.39, 0.29) is 0 Å². The zero-order valence-electron chi connectivity index (χ0n) is 9.56. The third kappa shape index (κ3) is 13.9. The van der Waals surface area contributed by atoms with Crippen molar-refractivity contribution in [1.82, 2.24) is 0 Å². The first-order valence-electron chi connectivity index (χ1n) is 4.46. The Kier molecular flexibility index (Phi) is 11.3. The van der Waals surface area contributed by atoms with Gasteiger partial charge in [0.15, 0.2) is 0 Å². The summed E-state index contributed by atoms with van der Waals surface area (Å²) in [4.78, 5) is 19.8. The average molecular weight is 308 g/mol. The van der Waals surface area contributed by atoms with Crippen LogP contribution < -0.4 is 9.79 Å². The summed E-state index contributed by atoms with van der Waals surface area (Å²) < 4.78 is 48.4. The summed E-state index contributed by atoms with van der Waals surface area (Å²) in [7, 11) is -11.1. The molecule has 0 spiro atoms. The quantitative estimate of drug-likeness (QED) is 0.501. The molecule has 102 valence electrons. The average Bonchev–Trinajstić information content (AvgIpc) is 2.14. The van der Waals surface area contributed by atoms with Crippen LogP contribution in [0.25, 0.3) is 0 Å². The summed E-state index contributed by atoms with van der Waals surface area (Å²) in [5.74, 6) is 0. The van der Waals surface area contributed by atoms with Gasteiger partial charge < -0.3 is 9.79 Å². The van der Waals surface area contributed by atoms with E-state index < -0.39 is 32.0 Å². The summed E-state index contributed by atoms with van der Waals surface area (Å²) in [5.41, 5.74) is -2.34. The highest BCUT2D eigenvalue weighted by Gasteiger charge is 2.34. The lowest BCUT2D eigenvalue weighted by Gasteiger charge is -2.02. The van der Waals surface area contributed by atoms with E-state index in [0.717, 1.165) is 0 Å². The number of sulfone groups is 1. The van der Waals surface area contributed by atoms with Gasteiger partial charge in [0, 0.05) is 6.26 Å². The zero-order valence-corrected chi connectivity index (χ0v) is 12.2. The Bertz CT molecular complexity index is 322. The Morgan fingerprint density at radius 3 is 1.47 bits per heavy atom. The van der Waals surface area contributed by atoms with Gasteiger partial charge in [0.1, 0.15) is 0 Å². The van der Waals surface area contributed by atoms with Crippen LogP contribution in [0.3, 0.4) is 0 Å². The Balaban J connectivity index is 0. The molecule has 0 radical (unpaired) electrons. The van der Waals surface area contributed by atoms with Crippen LogP contribution in [0.15, 0.2) is 0 Å². The van der Waals surface area contributed by atoms with Gasteiger partial charge in [-0.2, -0.15) is 0 Å². The van der Waals surface area contributed by atoms with Crippen molar-refractivity contribution in [3.63, 3.8) is 0 Å². The first-order chi connectivity index (χ1) is 7.65. The van der Waals surface area contributed by atoms with Gasteiger partial charge in [0.2, 0.25) is 9.84 Å². The van der Waals surface area contributed by atoms with Crippen LogP contribution in [-0.4, -0.2) is 20.3 Å². The number of hydrogen-bond acceptors (Lipinski definition) is 8. The molecule has 0 aromatic carbocycles. The molecule has 0 aliphatic carbocycles. The van der Waals surface area contributed by atoms with Crippen molar-refractivity contribution in [2.24, 2.45) is 0 Å². The minimum absolute atomic E-state index is 0.565. The fraction of sp³-hybridized carbons (Fsp3) is 1.00. The van der Waals surface area contributed by atoms with Crippen molar-refractivity contribution in [3.05, 3.63) is 0 Å². The lowest BCUT2D eigenvalue weighted by Crippen LogP contribution is -2.24. The third-order valence-corrected chi connectivity index (χ3v) is 3.10. The summed E-state index contributed by atoms with van der Waals surface area (Å²) in [6.45, 7) is 4.36. The van der Waals surface area contributed by atoms with Crippen LogP contribution in [0.1, 0.15) is 26.7 Å². The van der Waals surface area contributed by atoms with E-state index in [2.05, 4.69) is 22.9 Å². The number of rotatable bonds is 6. The summed E-state index contributed by atoms with van der Waals surface area (Å²) in [5, 5.41) is 0. The van der Waals surface area contributed by atoms with E-state index in [1.54, 1.807) is 0 Å². The molecule has 0 saturated carbocycles. The van der Waals surface area contributed by atoms with Gasteiger partial charge in [-0.15, -0.1) is 0 Å². The van der Waals surface area contributed by atoms with Gasteiger partial charge in [0.25, 0.3) is 0 Å². The molecule has 11 heteroatoms. The molecular weight excluding hydrogens is 294 g/mol.